The predicted octanol–water partition coefficient (Wildman–Crippen LogP) is 2.38. The van der Waals surface area contributed by atoms with E-state index >= 15 is 0 Å². The van der Waals surface area contributed by atoms with Crippen LogP contribution in [-0.4, -0.2) is 82.3 Å². The van der Waals surface area contributed by atoms with Crippen molar-refractivity contribution in [1.29, 1.82) is 0 Å². The highest BCUT2D eigenvalue weighted by Gasteiger charge is 2.36. The molecule has 0 radical (unpaired) electrons. The molecule has 0 aromatic heterocycles. The van der Waals surface area contributed by atoms with Crippen LogP contribution in [0.15, 0.2) is 36.4 Å². The van der Waals surface area contributed by atoms with Gasteiger partial charge in [-0.05, 0) is 61.1 Å². The molecular weight excluding hydrogens is 466 g/mol. The van der Waals surface area contributed by atoms with Crippen LogP contribution in [0.25, 0.3) is 0 Å². The predicted molar refractivity (Wildman–Crippen MR) is 138 cm³/mol. The SMILES string of the molecule is CC(C)c1cc(C2NNC(=S)N2C(=O)c2ccc(OCCN3CCN(C)CC3)cc2)c(O)cc1O. The monoisotopic (exact) mass is 499 g/mol. The zero-order valence-corrected chi connectivity index (χ0v) is 21.1. The number of carbonyl (C=O) groups is 1. The average molecular weight is 500 g/mol. The molecule has 35 heavy (non-hydrogen) atoms. The molecule has 0 aliphatic carbocycles. The summed E-state index contributed by atoms with van der Waals surface area (Å²) in [6.07, 6.45) is -0.729. The molecule has 2 aromatic carbocycles. The summed E-state index contributed by atoms with van der Waals surface area (Å²) in [4.78, 5) is 19.5. The first kappa shape index (κ1) is 25.2. The van der Waals surface area contributed by atoms with Gasteiger partial charge in [-0.1, -0.05) is 13.8 Å². The van der Waals surface area contributed by atoms with Gasteiger partial charge in [-0.2, -0.15) is 0 Å². The highest BCUT2D eigenvalue weighted by atomic mass is 32.1. The summed E-state index contributed by atoms with van der Waals surface area (Å²) in [6.45, 7) is 9.56. The summed E-state index contributed by atoms with van der Waals surface area (Å²) in [5.74, 6) is 0.294. The Balaban J connectivity index is 1.43. The van der Waals surface area contributed by atoms with Gasteiger partial charge in [-0.25, -0.2) is 5.43 Å². The van der Waals surface area contributed by atoms with Crippen molar-refractivity contribution in [3.63, 3.8) is 0 Å². The van der Waals surface area contributed by atoms with E-state index in [0.717, 1.165) is 32.7 Å². The lowest BCUT2D eigenvalue weighted by molar-refractivity contribution is 0.0808. The second-order valence-corrected chi connectivity index (χ2v) is 9.68. The van der Waals surface area contributed by atoms with Crippen molar-refractivity contribution >= 4 is 23.2 Å². The minimum absolute atomic E-state index is 0.0101. The van der Waals surface area contributed by atoms with Crippen LogP contribution in [0.3, 0.4) is 0 Å². The number of benzene rings is 2. The highest BCUT2D eigenvalue weighted by Crippen LogP contribution is 2.37. The second-order valence-electron chi connectivity index (χ2n) is 9.29. The number of piperazine rings is 1. The molecule has 2 aliphatic heterocycles. The van der Waals surface area contributed by atoms with Gasteiger partial charge in [0, 0.05) is 49.9 Å². The van der Waals surface area contributed by atoms with E-state index in [-0.39, 0.29) is 28.4 Å². The Morgan fingerprint density at radius 2 is 1.80 bits per heavy atom. The van der Waals surface area contributed by atoms with Crippen LogP contribution in [-0.2, 0) is 0 Å². The summed E-state index contributed by atoms with van der Waals surface area (Å²) >= 11 is 5.37. The van der Waals surface area contributed by atoms with Crippen LogP contribution >= 0.6 is 12.2 Å². The maximum Gasteiger partial charge on any atom is 0.261 e. The Morgan fingerprint density at radius 1 is 1.11 bits per heavy atom. The Kier molecular flexibility index (Phi) is 7.75. The first-order valence-corrected chi connectivity index (χ1v) is 12.2. The number of ether oxygens (including phenoxy) is 1. The first-order chi connectivity index (χ1) is 16.7. The van der Waals surface area contributed by atoms with Gasteiger partial charge in [0.2, 0.25) is 0 Å². The molecule has 2 fully saturated rings. The van der Waals surface area contributed by atoms with E-state index in [1.54, 1.807) is 30.3 Å². The van der Waals surface area contributed by atoms with E-state index in [1.807, 2.05) is 13.8 Å². The van der Waals surface area contributed by atoms with Gasteiger partial charge in [-0.3, -0.25) is 20.0 Å². The van der Waals surface area contributed by atoms with E-state index in [0.29, 0.717) is 29.0 Å². The topological polar surface area (TPSA) is 101 Å². The maximum absolute atomic E-state index is 13.4. The van der Waals surface area contributed by atoms with Crippen molar-refractivity contribution in [3.8, 4) is 17.2 Å². The lowest BCUT2D eigenvalue weighted by atomic mass is 9.97. The number of aromatic hydroxyl groups is 2. The van der Waals surface area contributed by atoms with E-state index < -0.39 is 6.17 Å². The number of nitrogens with zero attached hydrogens (tertiary/aromatic N) is 3. The molecule has 188 valence electrons. The van der Waals surface area contributed by atoms with Gasteiger partial charge in [-0.15, -0.1) is 0 Å². The van der Waals surface area contributed by atoms with Gasteiger partial charge in [0.05, 0.1) is 0 Å². The molecule has 1 amide bonds. The molecule has 1 unspecified atom stereocenters. The zero-order chi connectivity index (χ0) is 25.1. The van der Waals surface area contributed by atoms with Crippen molar-refractivity contribution in [2.45, 2.75) is 25.9 Å². The van der Waals surface area contributed by atoms with E-state index in [2.05, 4.69) is 27.7 Å². The molecule has 4 N–H and O–H groups in total. The molecule has 4 rings (SSSR count). The van der Waals surface area contributed by atoms with Crippen LogP contribution < -0.4 is 15.6 Å². The number of amides is 1. The fourth-order valence-corrected chi connectivity index (χ4v) is 4.54. The van der Waals surface area contributed by atoms with Crippen LogP contribution in [0.2, 0.25) is 0 Å². The number of thiocarbonyl (C=S) groups is 1. The Labute approximate surface area is 211 Å². The van der Waals surface area contributed by atoms with Crippen LogP contribution in [0.4, 0.5) is 0 Å². The minimum atomic E-state index is -0.729. The lowest BCUT2D eigenvalue weighted by Gasteiger charge is -2.32. The molecule has 2 aliphatic rings. The number of rotatable bonds is 7. The largest absolute Gasteiger partial charge is 0.508 e. The standard InChI is InChI=1S/C25H33N5O4S/c1-16(2)19-14-20(22(32)15-21(19)31)23-26-27-25(35)30(23)24(33)17-4-6-18(7-5-17)34-13-12-29-10-8-28(3)9-11-29/h4-7,14-16,23,26,31-32H,8-13H2,1-3H3,(H,27,35). The Morgan fingerprint density at radius 3 is 2.46 bits per heavy atom. The normalized spacial score (nSPS) is 19.3. The Bertz CT molecular complexity index is 1070. The summed E-state index contributed by atoms with van der Waals surface area (Å²) in [7, 11) is 2.14. The fraction of sp³-hybridized carbons (Fsp3) is 0.440. The van der Waals surface area contributed by atoms with Crippen molar-refractivity contribution in [2.75, 3.05) is 46.4 Å². The highest BCUT2D eigenvalue weighted by molar-refractivity contribution is 7.80. The number of phenols is 2. The van der Waals surface area contributed by atoms with Crippen molar-refractivity contribution in [2.24, 2.45) is 0 Å². The summed E-state index contributed by atoms with van der Waals surface area (Å²) in [5.41, 5.74) is 7.33. The molecular formula is C25H33N5O4S. The van der Waals surface area contributed by atoms with E-state index in [1.165, 1.54) is 11.0 Å². The first-order valence-electron chi connectivity index (χ1n) is 11.8. The molecule has 2 aromatic rings. The number of carbonyl (C=O) groups excluding carboxylic acids is 1. The Hall–Kier alpha value is -2.92. The number of hydrazine groups is 1. The van der Waals surface area contributed by atoms with Crippen molar-refractivity contribution < 1.29 is 19.7 Å². The molecule has 2 heterocycles. The molecule has 2 saturated heterocycles. The van der Waals surface area contributed by atoms with Gasteiger partial charge >= 0.3 is 0 Å². The van der Waals surface area contributed by atoms with Gasteiger partial charge < -0.3 is 19.8 Å². The van der Waals surface area contributed by atoms with Crippen LogP contribution in [0.5, 0.6) is 17.2 Å². The van der Waals surface area contributed by atoms with Gasteiger partial charge in [0.15, 0.2) is 5.11 Å². The van der Waals surface area contributed by atoms with Crippen molar-refractivity contribution in [1.82, 2.24) is 25.6 Å². The third-order valence-corrected chi connectivity index (χ3v) is 6.78. The second kappa shape index (κ2) is 10.8. The van der Waals surface area contributed by atoms with Gasteiger partial charge in [0.25, 0.3) is 5.91 Å². The van der Waals surface area contributed by atoms with Crippen LogP contribution in [0, 0.1) is 0 Å². The number of hydrogen-bond acceptors (Lipinski definition) is 8. The molecule has 0 bridgehead atoms. The number of nitrogens with one attached hydrogen (secondary N) is 2. The van der Waals surface area contributed by atoms with Crippen LogP contribution in [0.1, 0.15) is 47.4 Å². The number of phenolic OH excluding ortho intramolecular Hbond substituents is 2. The van der Waals surface area contributed by atoms with E-state index in [9.17, 15) is 15.0 Å². The number of likely N-dealkylation sites (N-methyl/N-ethyl adjacent to an activating group) is 1. The summed E-state index contributed by atoms with van der Waals surface area (Å²) in [6, 6.07) is 9.97. The molecule has 0 saturated carbocycles. The average Bonchev–Trinajstić information content (AvgIpc) is 3.21. The summed E-state index contributed by atoms with van der Waals surface area (Å²) < 4.78 is 5.88. The molecule has 0 spiro atoms. The molecule has 9 nitrogen and oxygen atoms in total. The smallest absolute Gasteiger partial charge is 0.261 e. The molecule has 1 atom stereocenters. The maximum atomic E-state index is 13.4. The quantitative estimate of drug-likeness (QED) is 0.428. The lowest BCUT2D eigenvalue weighted by Crippen LogP contribution is -2.45. The third kappa shape index (κ3) is 5.67. The zero-order valence-electron chi connectivity index (χ0n) is 20.3. The third-order valence-electron chi connectivity index (χ3n) is 6.48. The van der Waals surface area contributed by atoms with Crippen molar-refractivity contribution in [3.05, 3.63) is 53.1 Å². The summed E-state index contributed by atoms with van der Waals surface area (Å²) in [5, 5.41) is 20.9. The fourth-order valence-electron chi connectivity index (χ4n) is 4.29. The van der Waals surface area contributed by atoms with E-state index in [4.69, 9.17) is 17.0 Å². The van der Waals surface area contributed by atoms with Gasteiger partial charge in [0.1, 0.15) is 30.0 Å². The molecule has 10 heteroatoms. The number of hydrogen-bond donors (Lipinski definition) is 4. The minimum Gasteiger partial charge on any atom is -0.508 e.